The minimum absolute atomic E-state index is 0.0316. The second kappa shape index (κ2) is 5.47. The van der Waals surface area contributed by atoms with Crippen molar-refractivity contribution in [3.63, 3.8) is 0 Å². The summed E-state index contributed by atoms with van der Waals surface area (Å²) in [6, 6.07) is 0.0316. The third-order valence-corrected chi connectivity index (χ3v) is 4.91. The SMILES string of the molecule is CCC(C)[C@@H](C([SiH3])C(N)=O)N1CCCC1=O. The summed E-state index contributed by atoms with van der Waals surface area (Å²) in [5.41, 5.74) is 5.27. The lowest BCUT2D eigenvalue weighted by Gasteiger charge is -2.35. The second-order valence-corrected chi connectivity index (χ2v) is 6.00. The van der Waals surface area contributed by atoms with E-state index in [0.29, 0.717) is 22.6 Å². The van der Waals surface area contributed by atoms with Crippen molar-refractivity contribution in [2.75, 3.05) is 6.54 Å². The smallest absolute Gasteiger partial charge is 0.222 e. The van der Waals surface area contributed by atoms with Gasteiger partial charge in [0.25, 0.3) is 0 Å². The largest absolute Gasteiger partial charge is 0.370 e. The zero-order valence-corrected chi connectivity index (χ0v) is 12.4. The van der Waals surface area contributed by atoms with Crippen LogP contribution in [0.2, 0.25) is 5.54 Å². The Kier molecular flexibility index (Phi) is 4.52. The summed E-state index contributed by atoms with van der Waals surface area (Å²) >= 11 is 0. The highest BCUT2D eigenvalue weighted by Crippen LogP contribution is 2.28. The number of carbonyl (C=O) groups excluding carboxylic acids is 2. The maximum Gasteiger partial charge on any atom is 0.222 e. The highest BCUT2D eigenvalue weighted by atomic mass is 28.1. The average Bonchev–Trinajstić information content (AvgIpc) is 2.64. The molecule has 2 amide bonds. The monoisotopic (exact) mass is 242 g/mol. The Balaban J connectivity index is 2.86. The first kappa shape index (κ1) is 13.2. The molecule has 0 spiro atoms. The molecule has 0 bridgehead atoms. The average molecular weight is 242 g/mol. The molecule has 0 aliphatic carbocycles. The van der Waals surface area contributed by atoms with Gasteiger partial charge in [-0.1, -0.05) is 20.3 Å². The molecule has 1 aliphatic rings. The molecule has 3 atom stereocenters. The van der Waals surface area contributed by atoms with Crippen molar-refractivity contribution in [1.29, 1.82) is 0 Å². The Morgan fingerprint density at radius 2 is 2.25 bits per heavy atom. The van der Waals surface area contributed by atoms with Crippen LogP contribution in [-0.2, 0) is 9.59 Å². The van der Waals surface area contributed by atoms with Crippen molar-refractivity contribution < 1.29 is 9.59 Å². The summed E-state index contributed by atoms with van der Waals surface area (Å²) < 4.78 is 0. The number of rotatable bonds is 5. The summed E-state index contributed by atoms with van der Waals surface area (Å²) in [5, 5.41) is 0. The molecule has 1 aliphatic heterocycles. The van der Waals surface area contributed by atoms with Gasteiger partial charge < -0.3 is 10.6 Å². The van der Waals surface area contributed by atoms with Crippen LogP contribution in [0.1, 0.15) is 33.1 Å². The molecule has 5 heteroatoms. The summed E-state index contributed by atoms with van der Waals surface area (Å²) in [4.78, 5) is 25.0. The number of nitrogens with zero attached hydrogens (tertiary/aromatic N) is 1. The lowest BCUT2D eigenvalue weighted by Crippen LogP contribution is -2.47. The normalized spacial score (nSPS) is 22.1. The van der Waals surface area contributed by atoms with Crippen LogP contribution in [-0.4, -0.2) is 39.5 Å². The molecule has 0 aromatic rings. The van der Waals surface area contributed by atoms with Crippen molar-refractivity contribution in [3.05, 3.63) is 0 Å². The minimum Gasteiger partial charge on any atom is -0.370 e. The predicted molar refractivity (Wildman–Crippen MR) is 67.1 cm³/mol. The van der Waals surface area contributed by atoms with Gasteiger partial charge in [-0.2, -0.15) is 0 Å². The number of nitrogens with two attached hydrogens (primary N) is 1. The van der Waals surface area contributed by atoms with E-state index in [1.165, 1.54) is 0 Å². The fourth-order valence-corrected chi connectivity index (χ4v) is 3.48. The Morgan fingerprint density at radius 1 is 1.62 bits per heavy atom. The molecule has 16 heavy (non-hydrogen) atoms. The molecule has 1 saturated heterocycles. The molecule has 0 radical (unpaired) electrons. The van der Waals surface area contributed by atoms with Crippen LogP contribution < -0.4 is 5.73 Å². The van der Waals surface area contributed by atoms with E-state index in [0.717, 1.165) is 19.4 Å². The van der Waals surface area contributed by atoms with Gasteiger partial charge in [-0.3, -0.25) is 9.59 Å². The van der Waals surface area contributed by atoms with E-state index in [-0.39, 0.29) is 23.4 Å². The summed E-state index contributed by atoms with van der Waals surface area (Å²) in [6.45, 7) is 4.98. The Hall–Kier alpha value is -0.843. The number of carbonyl (C=O) groups is 2. The van der Waals surface area contributed by atoms with Gasteiger partial charge in [0, 0.05) is 34.8 Å². The van der Waals surface area contributed by atoms with E-state index in [1.807, 2.05) is 4.90 Å². The highest BCUT2D eigenvalue weighted by Gasteiger charge is 2.36. The van der Waals surface area contributed by atoms with Crippen LogP contribution in [0.3, 0.4) is 0 Å². The summed E-state index contributed by atoms with van der Waals surface area (Å²) in [7, 11) is 0.717. The Morgan fingerprint density at radius 3 is 2.62 bits per heavy atom. The quantitative estimate of drug-likeness (QED) is 0.671. The molecule has 92 valence electrons. The van der Waals surface area contributed by atoms with Crippen molar-refractivity contribution in [3.8, 4) is 0 Å². The molecule has 1 fully saturated rings. The topological polar surface area (TPSA) is 63.4 Å². The first-order valence-corrected chi connectivity index (χ1v) is 7.23. The fraction of sp³-hybridized carbons (Fsp3) is 0.818. The van der Waals surface area contributed by atoms with Crippen LogP contribution in [0, 0.1) is 5.92 Å². The van der Waals surface area contributed by atoms with E-state index >= 15 is 0 Å². The number of primary amides is 1. The minimum atomic E-state index is -0.253. The van der Waals surface area contributed by atoms with E-state index in [2.05, 4.69) is 13.8 Å². The van der Waals surface area contributed by atoms with E-state index in [1.54, 1.807) is 0 Å². The zero-order chi connectivity index (χ0) is 12.3. The molecule has 1 rings (SSSR count). The van der Waals surface area contributed by atoms with Crippen LogP contribution in [0.15, 0.2) is 0 Å². The van der Waals surface area contributed by atoms with E-state index < -0.39 is 0 Å². The summed E-state index contributed by atoms with van der Waals surface area (Å²) in [5.74, 6) is 0.279. The van der Waals surface area contributed by atoms with Gasteiger partial charge in [-0.25, -0.2) is 0 Å². The van der Waals surface area contributed by atoms with Crippen molar-refractivity contribution in [1.82, 2.24) is 4.90 Å². The third-order valence-electron chi connectivity index (χ3n) is 3.66. The third kappa shape index (κ3) is 2.64. The molecular formula is C11H22N2O2Si. The molecule has 0 aromatic carbocycles. The van der Waals surface area contributed by atoms with Crippen LogP contribution in [0.4, 0.5) is 0 Å². The van der Waals surface area contributed by atoms with Crippen molar-refractivity contribution >= 4 is 22.1 Å². The first-order valence-electron chi connectivity index (χ1n) is 6.07. The highest BCUT2D eigenvalue weighted by molar-refractivity contribution is 6.24. The van der Waals surface area contributed by atoms with Gasteiger partial charge in [-0.15, -0.1) is 0 Å². The molecule has 4 nitrogen and oxygen atoms in total. The molecule has 2 unspecified atom stereocenters. The Labute approximate surface area is 100.0 Å². The van der Waals surface area contributed by atoms with Crippen molar-refractivity contribution in [2.24, 2.45) is 11.7 Å². The lowest BCUT2D eigenvalue weighted by atomic mass is 9.94. The standard InChI is InChI=1S/C11H22N2O2Si/c1-3-7(2)9(10(16)11(12)15)13-6-4-5-8(13)14/h7,9-10H,3-6H2,1-2,16H3,(H2,12,15)/t7?,9-,10?/m0/s1. The molecular weight excluding hydrogens is 220 g/mol. The number of likely N-dealkylation sites (tertiary alicyclic amines) is 1. The van der Waals surface area contributed by atoms with E-state index in [4.69, 9.17) is 5.73 Å². The van der Waals surface area contributed by atoms with Gasteiger partial charge in [0.15, 0.2) is 0 Å². The van der Waals surface area contributed by atoms with Gasteiger partial charge in [0.05, 0.1) is 0 Å². The van der Waals surface area contributed by atoms with Gasteiger partial charge in [0.2, 0.25) is 11.8 Å². The van der Waals surface area contributed by atoms with Gasteiger partial charge in [-0.05, 0) is 12.3 Å². The molecule has 1 heterocycles. The second-order valence-electron chi connectivity index (χ2n) is 4.76. The lowest BCUT2D eigenvalue weighted by molar-refractivity contribution is -0.131. The Bertz CT molecular complexity index is 283. The fourth-order valence-electron chi connectivity index (χ4n) is 2.46. The van der Waals surface area contributed by atoms with Crippen LogP contribution >= 0.6 is 0 Å². The van der Waals surface area contributed by atoms with Gasteiger partial charge in [0.1, 0.15) is 0 Å². The predicted octanol–water partition coefficient (Wildman–Crippen LogP) is -0.337. The number of hydrogen-bond donors (Lipinski definition) is 1. The first-order chi connectivity index (χ1) is 7.49. The molecule has 0 saturated carbocycles. The van der Waals surface area contributed by atoms with E-state index in [9.17, 15) is 9.59 Å². The summed E-state index contributed by atoms with van der Waals surface area (Å²) in [6.07, 6.45) is 2.51. The zero-order valence-electron chi connectivity index (χ0n) is 10.4. The number of hydrogen-bond acceptors (Lipinski definition) is 2. The van der Waals surface area contributed by atoms with Crippen molar-refractivity contribution in [2.45, 2.75) is 44.7 Å². The maximum atomic E-state index is 11.8. The van der Waals surface area contributed by atoms with Crippen LogP contribution in [0.5, 0.6) is 0 Å². The van der Waals surface area contributed by atoms with Crippen LogP contribution in [0.25, 0.3) is 0 Å². The van der Waals surface area contributed by atoms with Gasteiger partial charge >= 0.3 is 0 Å². The molecule has 0 aromatic heterocycles. The molecule has 2 N–H and O–H groups in total. The maximum absolute atomic E-state index is 11.8. The number of amides is 2.